The molecule has 3 N–H and O–H groups in total. The molecule has 0 aliphatic heterocycles. The Hall–Kier alpha value is -2.28. The van der Waals surface area contributed by atoms with Crippen molar-refractivity contribution in [1.82, 2.24) is 25.5 Å². The lowest BCUT2D eigenvalue weighted by molar-refractivity contribution is -0.123. The fraction of sp³-hybridized carbons (Fsp3) is 0.385. The van der Waals surface area contributed by atoms with E-state index in [9.17, 15) is 4.79 Å². The number of carbonyl (C=O) groups is 1. The number of hydrogen-bond acceptors (Lipinski definition) is 5. The van der Waals surface area contributed by atoms with Gasteiger partial charge in [0.15, 0.2) is 0 Å². The van der Waals surface area contributed by atoms with Crippen molar-refractivity contribution in [2.75, 3.05) is 0 Å². The number of nitrogens with two attached hydrogens (primary N) is 1. The van der Waals surface area contributed by atoms with E-state index in [0.717, 1.165) is 11.3 Å². The van der Waals surface area contributed by atoms with E-state index in [1.165, 1.54) is 6.33 Å². The summed E-state index contributed by atoms with van der Waals surface area (Å²) >= 11 is 0. The van der Waals surface area contributed by atoms with Crippen LogP contribution in [0.3, 0.4) is 0 Å². The lowest BCUT2D eigenvalue weighted by atomic mass is 10.00. The van der Waals surface area contributed by atoms with Gasteiger partial charge < -0.3 is 5.73 Å². The second-order valence-electron chi connectivity index (χ2n) is 5.20. The van der Waals surface area contributed by atoms with Gasteiger partial charge in [0.2, 0.25) is 5.91 Å². The smallest absolute Gasteiger partial charge is 0.237 e. The van der Waals surface area contributed by atoms with E-state index in [1.807, 2.05) is 31.2 Å². The second-order valence-corrected chi connectivity index (χ2v) is 5.20. The topological polar surface area (TPSA) is 98.7 Å². The molecule has 1 aromatic heterocycles. The van der Waals surface area contributed by atoms with Gasteiger partial charge in [0.25, 0.3) is 0 Å². The van der Waals surface area contributed by atoms with Crippen molar-refractivity contribution in [2.24, 2.45) is 5.73 Å². The molecule has 7 nitrogen and oxygen atoms in total. The van der Waals surface area contributed by atoms with E-state index in [2.05, 4.69) is 20.8 Å². The monoisotopic (exact) mass is 274 g/mol. The van der Waals surface area contributed by atoms with E-state index >= 15 is 0 Å². The van der Waals surface area contributed by atoms with Crippen LogP contribution in [0, 0.1) is 0 Å². The summed E-state index contributed by atoms with van der Waals surface area (Å²) in [6.07, 6.45) is 1.53. The van der Waals surface area contributed by atoms with Crippen molar-refractivity contribution in [3.05, 3.63) is 36.2 Å². The largest absolute Gasteiger partial charge is 0.368 e. The molecule has 0 spiro atoms. The van der Waals surface area contributed by atoms with Crippen LogP contribution in [0.4, 0.5) is 0 Å². The first kappa shape index (κ1) is 14.1. The standard InChI is InChI=1S/C13H18N6O/c1-9(16-13(2,3)12(14)20)10-5-4-6-11(7-10)19-8-15-17-18-19/h4-9,16H,1-3H3,(H2,14,20). The van der Waals surface area contributed by atoms with Crippen molar-refractivity contribution < 1.29 is 4.79 Å². The third kappa shape index (κ3) is 3.00. The summed E-state index contributed by atoms with van der Waals surface area (Å²) in [7, 11) is 0. The molecule has 1 atom stereocenters. The average Bonchev–Trinajstić information content (AvgIpc) is 2.92. The maximum atomic E-state index is 11.4. The van der Waals surface area contributed by atoms with Crippen LogP contribution in [-0.2, 0) is 4.79 Å². The Morgan fingerprint density at radius 1 is 1.45 bits per heavy atom. The molecule has 0 bridgehead atoms. The molecule has 20 heavy (non-hydrogen) atoms. The highest BCUT2D eigenvalue weighted by Crippen LogP contribution is 2.19. The van der Waals surface area contributed by atoms with Gasteiger partial charge in [-0.25, -0.2) is 4.68 Å². The van der Waals surface area contributed by atoms with Gasteiger partial charge in [-0.1, -0.05) is 12.1 Å². The SMILES string of the molecule is CC(NC(C)(C)C(N)=O)c1cccc(-n2cnnn2)c1. The maximum Gasteiger partial charge on any atom is 0.237 e. The van der Waals surface area contributed by atoms with Crippen LogP contribution in [0.5, 0.6) is 0 Å². The Balaban J connectivity index is 2.21. The molecule has 0 fully saturated rings. The van der Waals surface area contributed by atoms with Crippen LogP contribution >= 0.6 is 0 Å². The highest BCUT2D eigenvalue weighted by molar-refractivity contribution is 5.83. The highest BCUT2D eigenvalue weighted by atomic mass is 16.1. The number of primary amides is 1. The van der Waals surface area contributed by atoms with Gasteiger partial charge in [-0.2, -0.15) is 0 Å². The number of rotatable bonds is 5. The molecule has 1 amide bonds. The van der Waals surface area contributed by atoms with E-state index in [-0.39, 0.29) is 11.9 Å². The molecular weight excluding hydrogens is 256 g/mol. The number of aromatic nitrogens is 4. The third-order valence-electron chi connectivity index (χ3n) is 3.18. The van der Waals surface area contributed by atoms with Crippen LogP contribution in [0.25, 0.3) is 5.69 Å². The number of nitrogens with one attached hydrogen (secondary N) is 1. The molecule has 1 unspecified atom stereocenters. The zero-order valence-corrected chi connectivity index (χ0v) is 11.7. The average molecular weight is 274 g/mol. The fourth-order valence-electron chi connectivity index (χ4n) is 1.91. The molecular formula is C13H18N6O. The second kappa shape index (κ2) is 5.38. The van der Waals surface area contributed by atoms with Gasteiger partial charge in [-0.15, -0.1) is 5.10 Å². The quantitative estimate of drug-likeness (QED) is 0.830. The number of benzene rings is 1. The predicted molar refractivity (Wildman–Crippen MR) is 74.0 cm³/mol. The highest BCUT2D eigenvalue weighted by Gasteiger charge is 2.26. The molecule has 106 valence electrons. The van der Waals surface area contributed by atoms with Crippen molar-refractivity contribution in [1.29, 1.82) is 0 Å². The first-order valence-corrected chi connectivity index (χ1v) is 6.31. The first-order chi connectivity index (χ1) is 9.40. The number of hydrogen-bond donors (Lipinski definition) is 2. The van der Waals surface area contributed by atoms with E-state index in [4.69, 9.17) is 5.73 Å². The molecule has 2 aromatic rings. The Morgan fingerprint density at radius 3 is 2.80 bits per heavy atom. The minimum atomic E-state index is -0.774. The van der Waals surface area contributed by atoms with Crippen LogP contribution < -0.4 is 11.1 Å². The Labute approximate surface area is 117 Å². The molecule has 0 aliphatic rings. The zero-order valence-electron chi connectivity index (χ0n) is 11.7. The van der Waals surface area contributed by atoms with Crippen LogP contribution in [0.1, 0.15) is 32.4 Å². The molecule has 1 aromatic carbocycles. The van der Waals surface area contributed by atoms with Gasteiger partial charge in [0.1, 0.15) is 6.33 Å². The number of nitrogens with zero attached hydrogens (tertiary/aromatic N) is 4. The molecule has 0 saturated carbocycles. The van der Waals surface area contributed by atoms with E-state index in [1.54, 1.807) is 18.5 Å². The molecule has 0 aliphatic carbocycles. The minimum Gasteiger partial charge on any atom is -0.368 e. The van der Waals surface area contributed by atoms with Gasteiger partial charge in [-0.3, -0.25) is 10.1 Å². The van der Waals surface area contributed by atoms with Gasteiger partial charge in [0, 0.05) is 6.04 Å². The summed E-state index contributed by atoms with van der Waals surface area (Å²) in [5, 5.41) is 14.3. The van der Waals surface area contributed by atoms with E-state index < -0.39 is 5.54 Å². The zero-order chi connectivity index (χ0) is 14.8. The summed E-state index contributed by atoms with van der Waals surface area (Å²) in [5.74, 6) is -0.388. The van der Waals surface area contributed by atoms with Gasteiger partial charge in [0.05, 0.1) is 11.2 Å². The molecule has 7 heteroatoms. The van der Waals surface area contributed by atoms with Crippen molar-refractivity contribution in [3.8, 4) is 5.69 Å². The Morgan fingerprint density at radius 2 is 2.20 bits per heavy atom. The molecule has 2 rings (SSSR count). The number of carbonyl (C=O) groups excluding carboxylic acids is 1. The van der Waals surface area contributed by atoms with E-state index in [0.29, 0.717) is 0 Å². The number of amides is 1. The van der Waals surface area contributed by atoms with Crippen molar-refractivity contribution in [3.63, 3.8) is 0 Å². The minimum absolute atomic E-state index is 0.0334. The van der Waals surface area contributed by atoms with Crippen LogP contribution in [0.15, 0.2) is 30.6 Å². The summed E-state index contributed by atoms with van der Waals surface area (Å²) in [5.41, 5.74) is 6.48. The summed E-state index contributed by atoms with van der Waals surface area (Å²) < 4.78 is 1.58. The van der Waals surface area contributed by atoms with Gasteiger partial charge in [-0.05, 0) is 48.9 Å². The summed E-state index contributed by atoms with van der Waals surface area (Å²) in [4.78, 5) is 11.4. The molecule has 0 saturated heterocycles. The van der Waals surface area contributed by atoms with Crippen molar-refractivity contribution >= 4 is 5.91 Å². The normalized spacial score (nSPS) is 13.2. The van der Waals surface area contributed by atoms with Gasteiger partial charge >= 0.3 is 0 Å². The lowest BCUT2D eigenvalue weighted by Crippen LogP contribution is -2.51. The summed E-state index contributed by atoms with van der Waals surface area (Å²) in [6.45, 7) is 5.50. The number of tetrazole rings is 1. The van der Waals surface area contributed by atoms with Crippen LogP contribution in [-0.4, -0.2) is 31.7 Å². The maximum absolute atomic E-state index is 11.4. The lowest BCUT2D eigenvalue weighted by Gasteiger charge is -2.27. The molecule has 1 heterocycles. The Kier molecular flexibility index (Phi) is 3.80. The predicted octanol–water partition coefficient (Wildman–Crippen LogP) is 0.577. The first-order valence-electron chi connectivity index (χ1n) is 6.31. The Bertz CT molecular complexity index is 593. The third-order valence-corrected chi connectivity index (χ3v) is 3.18. The molecule has 0 radical (unpaired) electrons. The van der Waals surface area contributed by atoms with Crippen molar-refractivity contribution in [2.45, 2.75) is 32.4 Å². The fourth-order valence-corrected chi connectivity index (χ4v) is 1.91. The summed E-state index contributed by atoms with van der Waals surface area (Å²) in [6, 6.07) is 7.73. The van der Waals surface area contributed by atoms with Crippen LogP contribution in [0.2, 0.25) is 0 Å².